The molecule has 0 N–H and O–H groups in total. The topological polar surface area (TPSA) is 59.1 Å². The molecule has 1 aromatic carbocycles. The zero-order valence-corrected chi connectivity index (χ0v) is 14.8. The molecule has 0 spiro atoms. The summed E-state index contributed by atoms with van der Waals surface area (Å²) in [6.07, 6.45) is 2.95. The van der Waals surface area contributed by atoms with Gasteiger partial charge in [0.05, 0.1) is 6.61 Å². The van der Waals surface area contributed by atoms with E-state index in [1.54, 1.807) is 4.90 Å². The summed E-state index contributed by atoms with van der Waals surface area (Å²) in [6.45, 7) is 5.05. The lowest BCUT2D eigenvalue weighted by molar-refractivity contribution is -0.141. The van der Waals surface area contributed by atoms with Crippen molar-refractivity contribution in [2.45, 2.75) is 26.2 Å². The Morgan fingerprint density at radius 3 is 2.20 bits per heavy atom. The van der Waals surface area contributed by atoms with Crippen LogP contribution in [0.2, 0.25) is 0 Å². The zero-order valence-electron chi connectivity index (χ0n) is 14.8. The second-order valence-corrected chi connectivity index (χ2v) is 6.56. The number of carbonyl (C=O) groups is 2. The fraction of sp³-hybridized carbons (Fsp3) is 0.579. The minimum absolute atomic E-state index is 0.0108. The third kappa shape index (κ3) is 4.65. The van der Waals surface area contributed by atoms with E-state index in [0.29, 0.717) is 44.3 Å². The number of amides is 2. The van der Waals surface area contributed by atoms with Gasteiger partial charge in [-0.15, -0.1) is 0 Å². The first-order valence-corrected chi connectivity index (χ1v) is 9.10. The monoisotopic (exact) mass is 346 g/mol. The molecule has 1 aliphatic carbocycles. The van der Waals surface area contributed by atoms with E-state index in [-0.39, 0.29) is 24.3 Å². The summed E-state index contributed by atoms with van der Waals surface area (Å²) in [5, 5.41) is 0. The Labute approximate surface area is 148 Å². The molecule has 1 aromatic rings. The molecule has 2 fully saturated rings. The van der Waals surface area contributed by atoms with Gasteiger partial charge in [-0.2, -0.15) is 0 Å². The lowest BCUT2D eigenvalue weighted by Gasteiger charge is -2.34. The Hall–Kier alpha value is -2.24. The van der Waals surface area contributed by atoms with E-state index in [1.165, 1.54) is 0 Å². The minimum Gasteiger partial charge on any atom is -0.490 e. The van der Waals surface area contributed by atoms with Crippen molar-refractivity contribution >= 4 is 11.8 Å². The van der Waals surface area contributed by atoms with Gasteiger partial charge in [0, 0.05) is 32.1 Å². The molecule has 0 atom stereocenters. The highest BCUT2D eigenvalue weighted by Crippen LogP contribution is 2.31. The SMILES string of the molecule is CCCOc1ccccc1OCC(=O)N1CCN(C(=O)C2CC2)CC1. The number of ether oxygens (including phenoxy) is 2. The number of benzene rings is 1. The molecular formula is C19H26N2O4. The van der Waals surface area contributed by atoms with Gasteiger partial charge in [0.25, 0.3) is 5.91 Å². The van der Waals surface area contributed by atoms with E-state index in [9.17, 15) is 9.59 Å². The zero-order chi connectivity index (χ0) is 17.6. The summed E-state index contributed by atoms with van der Waals surface area (Å²) in [7, 11) is 0. The molecule has 1 aliphatic heterocycles. The van der Waals surface area contributed by atoms with Gasteiger partial charge in [-0.1, -0.05) is 19.1 Å². The third-order valence-electron chi connectivity index (χ3n) is 4.53. The standard InChI is InChI=1S/C19H26N2O4/c1-2-13-24-16-5-3-4-6-17(16)25-14-18(22)20-9-11-21(12-10-20)19(23)15-7-8-15/h3-6,15H,2,7-14H2,1H3. The molecule has 136 valence electrons. The summed E-state index contributed by atoms with van der Waals surface area (Å²) >= 11 is 0. The van der Waals surface area contributed by atoms with Crippen LogP contribution >= 0.6 is 0 Å². The minimum atomic E-state index is -0.0520. The molecule has 0 radical (unpaired) electrons. The maximum atomic E-state index is 12.4. The number of nitrogens with zero attached hydrogens (tertiary/aromatic N) is 2. The summed E-state index contributed by atoms with van der Waals surface area (Å²) in [5.41, 5.74) is 0. The number of hydrogen-bond acceptors (Lipinski definition) is 4. The fourth-order valence-corrected chi connectivity index (χ4v) is 2.90. The van der Waals surface area contributed by atoms with Crippen LogP contribution in [0, 0.1) is 5.92 Å². The molecule has 6 heteroatoms. The normalized spacial score (nSPS) is 17.3. The van der Waals surface area contributed by atoms with Crippen LogP contribution in [0.3, 0.4) is 0 Å². The first-order valence-electron chi connectivity index (χ1n) is 9.10. The van der Waals surface area contributed by atoms with Crippen LogP contribution in [-0.2, 0) is 9.59 Å². The van der Waals surface area contributed by atoms with Crippen LogP contribution < -0.4 is 9.47 Å². The highest BCUT2D eigenvalue weighted by molar-refractivity contribution is 5.82. The summed E-state index contributed by atoms with van der Waals surface area (Å²) < 4.78 is 11.3. The largest absolute Gasteiger partial charge is 0.490 e. The van der Waals surface area contributed by atoms with Gasteiger partial charge in [-0.05, 0) is 31.4 Å². The van der Waals surface area contributed by atoms with Crippen LogP contribution in [0.25, 0.3) is 0 Å². The molecule has 2 aliphatic rings. The maximum absolute atomic E-state index is 12.4. The lowest BCUT2D eigenvalue weighted by Crippen LogP contribution is -2.52. The molecule has 25 heavy (non-hydrogen) atoms. The number of carbonyl (C=O) groups excluding carboxylic acids is 2. The maximum Gasteiger partial charge on any atom is 0.260 e. The molecule has 2 amide bonds. The smallest absolute Gasteiger partial charge is 0.260 e. The van der Waals surface area contributed by atoms with Crippen molar-refractivity contribution in [2.24, 2.45) is 5.92 Å². The van der Waals surface area contributed by atoms with E-state index in [4.69, 9.17) is 9.47 Å². The van der Waals surface area contributed by atoms with Gasteiger partial charge in [-0.3, -0.25) is 9.59 Å². The number of rotatable bonds is 7. The Kier molecular flexibility index (Phi) is 5.79. The van der Waals surface area contributed by atoms with Gasteiger partial charge >= 0.3 is 0 Å². The average molecular weight is 346 g/mol. The van der Waals surface area contributed by atoms with Gasteiger partial charge in [0.1, 0.15) is 0 Å². The molecule has 3 rings (SSSR count). The first kappa shape index (κ1) is 17.6. The molecule has 1 saturated heterocycles. The first-order chi connectivity index (χ1) is 12.2. The Morgan fingerprint density at radius 1 is 1.00 bits per heavy atom. The highest BCUT2D eigenvalue weighted by Gasteiger charge is 2.35. The second-order valence-electron chi connectivity index (χ2n) is 6.56. The molecule has 6 nitrogen and oxygen atoms in total. The van der Waals surface area contributed by atoms with Crippen molar-refractivity contribution in [2.75, 3.05) is 39.4 Å². The second kappa shape index (κ2) is 8.23. The van der Waals surface area contributed by atoms with E-state index < -0.39 is 0 Å². The highest BCUT2D eigenvalue weighted by atomic mass is 16.5. The van der Waals surface area contributed by atoms with Crippen LogP contribution in [0.4, 0.5) is 0 Å². The van der Waals surface area contributed by atoms with Crippen LogP contribution in [0.5, 0.6) is 11.5 Å². The van der Waals surface area contributed by atoms with Crippen LogP contribution in [-0.4, -0.2) is 61.0 Å². The van der Waals surface area contributed by atoms with Crippen LogP contribution in [0.15, 0.2) is 24.3 Å². The van der Waals surface area contributed by atoms with Crippen molar-refractivity contribution in [3.05, 3.63) is 24.3 Å². The van der Waals surface area contributed by atoms with Crippen molar-refractivity contribution in [3.63, 3.8) is 0 Å². The molecule has 1 saturated carbocycles. The third-order valence-corrected chi connectivity index (χ3v) is 4.53. The Balaban J connectivity index is 1.46. The van der Waals surface area contributed by atoms with Gasteiger partial charge in [0.2, 0.25) is 5.91 Å². The van der Waals surface area contributed by atoms with E-state index in [0.717, 1.165) is 19.3 Å². The van der Waals surface area contributed by atoms with Gasteiger partial charge < -0.3 is 19.3 Å². The summed E-state index contributed by atoms with van der Waals surface area (Å²) in [5.74, 6) is 1.70. The van der Waals surface area contributed by atoms with Crippen LogP contribution in [0.1, 0.15) is 26.2 Å². The van der Waals surface area contributed by atoms with Crippen molar-refractivity contribution in [1.29, 1.82) is 0 Å². The summed E-state index contributed by atoms with van der Waals surface area (Å²) in [6, 6.07) is 7.40. The summed E-state index contributed by atoms with van der Waals surface area (Å²) in [4.78, 5) is 28.1. The molecule has 1 heterocycles. The predicted octanol–water partition coefficient (Wildman–Crippen LogP) is 1.94. The molecule has 0 aromatic heterocycles. The number of para-hydroxylation sites is 2. The van der Waals surface area contributed by atoms with Crippen molar-refractivity contribution < 1.29 is 19.1 Å². The van der Waals surface area contributed by atoms with Gasteiger partial charge in [0.15, 0.2) is 18.1 Å². The van der Waals surface area contributed by atoms with Crippen molar-refractivity contribution in [3.8, 4) is 11.5 Å². The Morgan fingerprint density at radius 2 is 1.60 bits per heavy atom. The lowest BCUT2D eigenvalue weighted by atomic mass is 10.2. The molecule has 0 unspecified atom stereocenters. The molecule has 0 bridgehead atoms. The van der Waals surface area contributed by atoms with Gasteiger partial charge in [-0.25, -0.2) is 0 Å². The quantitative estimate of drug-likeness (QED) is 0.757. The number of hydrogen-bond donors (Lipinski definition) is 0. The van der Waals surface area contributed by atoms with E-state index >= 15 is 0 Å². The predicted molar refractivity (Wildman–Crippen MR) is 93.6 cm³/mol. The average Bonchev–Trinajstić information content (AvgIpc) is 3.50. The number of piperazine rings is 1. The van der Waals surface area contributed by atoms with Crippen molar-refractivity contribution in [1.82, 2.24) is 9.80 Å². The van der Waals surface area contributed by atoms with E-state index in [1.807, 2.05) is 36.1 Å². The fourth-order valence-electron chi connectivity index (χ4n) is 2.90. The molecular weight excluding hydrogens is 320 g/mol. The Bertz CT molecular complexity index is 607. The van der Waals surface area contributed by atoms with E-state index in [2.05, 4.69) is 0 Å².